The molecule has 0 bridgehead atoms. The van der Waals surface area contributed by atoms with Crippen molar-refractivity contribution in [2.24, 2.45) is 4.99 Å². The van der Waals surface area contributed by atoms with E-state index in [2.05, 4.69) is 11.1 Å². The van der Waals surface area contributed by atoms with Crippen LogP contribution in [0.4, 0.5) is 0 Å². The van der Waals surface area contributed by atoms with Gasteiger partial charge in [-0.15, -0.1) is 0 Å². The molecule has 1 aliphatic rings. The number of ether oxygens (including phenoxy) is 3. The van der Waals surface area contributed by atoms with Crippen LogP contribution in [0.3, 0.4) is 0 Å². The molecule has 0 N–H and O–H groups in total. The fraction of sp³-hybridized carbons (Fsp3) is 0.235. The average Bonchev–Trinajstić information content (AvgIpc) is 3.29. The zero-order valence-corrected chi connectivity index (χ0v) is 25.2. The van der Waals surface area contributed by atoms with Gasteiger partial charge in [-0.3, -0.25) is 9.36 Å². The topological polar surface area (TPSA) is 103 Å². The van der Waals surface area contributed by atoms with Crippen LogP contribution in [0.5, 0.6) is 11.5 Å². The highest BCUT2D eigenvalue weighted by molar-refractivity contribution is 7.07. The number of nitrogens with zero attached hydrogens (tertiary/aromatic N) is 3. The largest absolute Gasteiger partial charge is 0.491 e. The van der Waals surface area contributed by atoms with Crippen molar-refractivity contribution < 1.29 is 19.0 Å². The maximum atomic E-state index is 14.0. The van der Waals surface area contributed by atoms with Gasteiger partial charge in [0.1, 0.15) is 24.1 Å². The van der Waals surface area contributed by atoms with Gasteiger partial charge in [-0.05, 0) is 75.2 Å². The Kier molecular flexibility index (Phi) is 8.88. The molecule has 8 nitrogen and oxygen atoms in total. The highest BCUT2D eigenvalue weighted by atomic mass is 32.1. The molecule has 9 heteroatoms. The van der Waals surface area contributed by atoms with Gasteiger partial charge in [0.25, 0.3) is 5.56 Å². The minimum atomic E-state index is -0.769. The van der Waals surface area contributed by atoms with Gasteiger partial charge in [0.05, 0.1) is 40.1 Å². The highest BCUT2D eigenvalue weighted by Gasteiger charge is 2.35. The molecule has 0 unspecified atom stereocenters. The molecule has 1 aromatic heterocycles. The molecule has 4 aromatic rings. The lowest BCUT2D eigenvalue weighted by molar-refractivity contribution is -0.139. The molecule has 2 heterocycles. The second-order valence-electron chi connectivity index (χ2n) is 10.2. The first-order valence-corrected chi connectivity index (χ1v) is 14.8. The number of carbonyl (C=O) groups excluding carboxylic acids is 1. The highest BCUT2D eigenvalue weighted by Crippen LogP contribution is 2.36. The van der Waals surface area contributed by atoms with E-state index in [0.29, 0.717) is 49.8 Å². The van der Waals surface area contributed by atoms with Gasteiger partial charge >= 0.3 is 5.97 Å². The number of aromatic nitrogens is 1. The van der Waals surface area contributed by atoms with Crippen LogP contribution in [0.15, 0.2) is 93.9 Å². The molecular formula is C34H31N3O5S. The van der Waals surface area contributed by atoms with E-state index in [-0.39, 0.29) is 18.3 Å². The number of hydrogen-bond donors (Lipinski definition) is 0. The quantitative estimate of drug-likeness (QED) is 0.252. The maximum absolute atomic E-state index is 14.0. The Morgan fingerprint density at radius 1 is 1.12 bits per heavy atom. The van der Waals surface area contributed by atoms with Crippen molar-refractivity contribution in [1.29, 1.82) is 5.26 Å². The Morgan fingerprint density at radius 2 is 1.88 bits per heavy atom. The molecule has 3 aromatic carbocycles. The SMILES string of the molecule is CCOC(=O)C1=C(C)N=c2s/c(=C\c3cccc(OCc4ccc(C#N)cc4)c3)c(=O)n2[C@H]1c1ccccc1OC(C)C. The molecule has 1 atom stereocenters. The minimum absolute atomic E-state index is 0.112. The molecule has 218 valence electrons. The monoisotopic (exact) mass is 593 g/mol. The third-order valence-electron chi connectivity index (χ3n) is 6.74. The molecule has 0 saturated heterocycles. The van der Waals surface area contributed by atoms with Gasteiger partial charge in [-0.25, -0.2) is 9.79 Å². The van der Waals surface area contributed by atoms with Crippen LogP contribution in [-0.4, -0.2) is 23.2 Å². The summed E-state index contributed by atoms with van der Waals surface area (Å²) in [5.74, 6) is 0.708. The molecule has 0 radical (unpaired) electrons. The van der Waals surface area contributed by atoms with Gasteiger partial charge in [0.2, 0.25) is 0 Å². The summed E-state index contributed by atoms with van der Waals surface area (Å²) in [5, 5.41) is 9.01. The zero-order chi connectivity index (χ0) is 30.5. The first kappa shape index (κ1) is 29.5. The molecule has 43 heavy (non-hydrogen) atoms. The van der Waals surface area contributed by atoms with Gasteiger partial charge in [0.15, 0.2) is 4.80 Å². The summed E-state index contributed by atoms with van der Waals surface area (Å²) in [7, 11) is 0. The Labute approximate surface area is 253 Å². The minimum Gasteiger partial charge on any atom is -0.491 e. The first-order chi connectivity index (χ1) is 20.8. The van der Waals surface area contributed by atoms with E-state index in [4.69, 9.17) is 19.5 Å². The second kappa shape index (κ2) is 12.9. The van der Waals surface area contributed by atoms with Gasteiger partial charge in [0, 0.05) is 5.56 Å². The van der Waals surface area contributed by atoms with E-state index in [1.165, 1.54) is 11.3 Å². The third kappa shape index (κ3) is 6.45. The summed E-state index contributed by atoms with van der Waals surface area (Å²) < 4.78 is 19.5. The summed E-state index contributed by atoms with van der Waals surface area (Å²) in [6.45, 7) is 7.90. The zero-order valence-electron chi connectivity index (χ0n) is 24.4. The van der Waals surface area contributed by atoms with Crippen LogP contribution < -0.4 is 24.4 Å². The van der Waals surface area contributed by atoms with Gasteiger partial charge < -0.3 is 14.2 Å². The summed E-state index contributed by atoms with van der Waals surface area (Å²) >= 11 is 1.26. The van der Waals surface area contributed by atoms with E-state index in [1.807, 2.05) is 74.5 Å². The van der Waals surface area contributed by atoms with Crippen LogP contribution in [0.1, 0.15) is 56.0 Å². The van der Waals surface area contributed by atoms with Crippen LogP contribution in [0.2, 0.25) is 0 Å². The molecule has 0 spiro atoms. The number of nitriles is 1. The first-order valence-electron chi connectivity index (χ1n) is 14.0. The molecule has 5 rings (SSSR count). The van der Waals surface area contributed by atoms with E-state index in [0.717, 1.165) is 11.1 Å². The fourth-order valence-electron chi connectivity index (χ4n) is 4.84. The fourth-order valence-corrected chi connectivity index (χ4v) is 5.89. The Balaban J connectivity index is 1.55. The predicted octanol–water partition coefficient (Wildman–Crippen LogP) is 5.04. The lowest BCUT2D eigenvalue weighted by Gasteiger charge is -2.26. The van der Waals surface area contributed by atoms with E-state index in [1.54, 1.807) is 36.6 Å². The number of para-hydroxylation sites is 1. The normalized spacial score (nSPS) is 14.6. The number of esters is 1. The smallest absolute Gasteiger partial charge is 0.338 e. The number of fused-ring (bicyclic) bond motifs is 1. The molecular weight excluding hydrogens is 562 g/mol. The number of allylic oxidation sites excluding steroid dienone is 1. The standard InChI is InChI=1S/C34H31N3O5S/c1-5-40-33(39)30-22(4)36-34-37(31(30)27-11-6-7-12-28(27)42-21(2)3)32(38)29(43-34)18-25-9-8-10-26(17-25)41-20-24-15-13-23(19-35)14-16-24/h6-18,21,31H,5,20H2,1-4H3/b29-18-/t31-/m0/s1. The van der Waals surface area contributed by atoms with Crippen molar-refractivity contribution in [3.05, 3.63) is 126 Å². The number of thiazole rings is 1. The maximum Gasteiger partial charge on any atom is 0.338 e. The molecule has 0 amide bonds. The predicted molar refractivity (Wildman–Crippen MR) is 165 cm³/mol. The second-order valence-corrected chi connectivity index (χ2v) is 11.2. The average molecular weight is 594 g/mol. The Morgan fingerprint density at radius 3 is 2.60 bits per heavy atom. The number of benzene rings is 3. The van der Waals surface area contributed by atoms with Crippen molar-refractivity contribution in [3.8, 4) is 17.6 Å². The number of hydrogen-bond acceptors (Lipinski definition) is 8. The Bertz CT molecular complexity index is 1910. The molecule has 1 aliphatic heterocycles. The van der Waals surface area contributed by atoms with E-state index < -0.39 is 12.0 Å². The molecule has 0 aliphatic carbocycles. The summed E-state index contributed by atoms with van der Waals surface area (Å²) in [5.41, 5.74) is 3.52. The van der Waals surface area contributed by atoms with Crippen molar-refractivity contribution >= 4 is 23.4 Å². The number of carbonyl (C=O) groups is 1. The Hall–Kier alpha value is -4.94. The van der Waals surface area contributed by atoms with E-state index >= 15 is 0 Å². The van der Waals surface area contributed by atoms with Crippen molar-refractivity contribution in [3.63, 3.8) is 0 Å². The van der Waals surface area contributed by atoms with Crippen LogP contribution in [-0.2, 0) is 16.1 Å². The summed E-state index contributed by atoms with van der Waals surface area (Å²) in [4.78, 5) is 32.4. The van der Waals surface area contributed by atoms with Gasteiger partial charge in [-0.2, -0.15) is 5.26 Å². The summed E-state index contributed by atoms with van der Waals surface area (Å²) in [6.07, 6.45) is 1.69. The lowest BCUT2D eigenvalue weighted by Crippen LogP contribution is -2.40. The number of rotatable bonds is 9. The van der Waals surface area contributed by atoms with E-state index in [9.17, 15) is 9.59 Å². The van der Waals surface area contributed by atoms with Crippen molar-refractivity contribution in [1.82, 2.24) is 4.57 Å². The van der Waals surface area contributed by atoms with Crippen LogP contribution >= 0.6 is 11.3 Å². The van der Waals surface area contributed by atoms with Crippen molar-refractivity contribution in [2.45, 2.75) is 46.4 Å². The van der Waals surface area contributed by atoms with Crippen molar-refractivity contribution in [2.75, 3.05) is 6.61 Å². The molecule has 0 saturated carbocycles. The summed E-state index contributed by atoms with van der Waals surface area (Å²) in [6, 6.07) is 23.5. The van der Waals surface area contributed by atoms with Gasteiger partial charge in [-0.1, -0.05) is 53.8 Å². The lowest BCUT2D eigenvalue weighted by atomic mass is 9.95. The third-order valence-corrected chi connectivity index (χ3v) is 7.72. The van der Waals surface area contributed by atoms with Crippen LogP contribution in [0, 0.1) is 11.3 Å². The molecule has 0 fully saturated rings. The van der Waals surface area contributed by atoms with Crippen LogP contribution in [0.25, 0.3) is 6.08 Å².